The summed E-state index contributed by atoms with van der Waals surface area (Å²) >= 11 is 0. The summed E-state index contributed by atoms with van der Waals surface area (Å²) in [6.45, 7) is 4.08. The number of hydrogen-bond donors (Lipinski definition) is 1. The van der Waals surface area contributed by atoms with E-state index >= 15 is 0 Å². The molecule has 0 unspecified atom stereocenters. The van der Waals surface area contributed by atoms with Crippen molar-refractivity contribution in [1.29, 1.82) is 0 Å². The van der Waals surface area contributed by atoms with Gasteiger partial charge in [0.2, 0.25) is 0 Å². The summed E-state index contributed by atoms with van der Waals surface area (Å²) in [5.74, 6) is 2.13. The van der Waals surface area contributed by atoms with Crippen LogP contribution in [0.25, 0.3) is 16.7 Å². The lowest BCUT2D eigenvalue weighted by atomic mass is 10.2. The molecule has 19 heavy (non-hydrogen) atoms. The molecule has 96 valence electrons. The lowest BCUT2D eigenvalue weighted by molar-refractivity contribution is 0.754. The molecular formula is C14H15N5. The van der Waals surface area contributed by atoms with Crippen molar-refractivity contribution in [3.63, 3.8) is 0 Å². The van der Waals surface area contributed by atoms with Crippen LogP contribution in [0.15, 0.2) is 36.5 Å². The van der Waals surface area contributed by atoms with Crippen molar-refractivity contribution in [2.45, 2.75) is 19.8 Å². The maximum atomic E-state index is 5.86. The monoisotopic (exact) mass is 253 g/mol. The number of para-hydroxylation sites is 1. The summed E-state index contributed by atoms with van der Waals surface area (Å²) in [5, 5.41) is 5.45. The number of nitrogens with zero attached hydrogens (tertiary/aromatic N) is 4. The Morgan fingerprint density at radius 2 is 1.95 bits per heavy atom. The molecule has 1 aromatic carbocycles. The van der Waals surface area contributed by atoms with E-state index in [1.807, 2.05) is 44.3 Å². The second-order valence-electron chi connectivity index (χ2n) is 4.78. The van der Waals surface area contributed by atoms with Crippen LogP contribution in [0.4, 0.5) is 5.82 Å². The lowest BCUT2D eigenvalue weighted by Gasteiger charge is -2.08. The molecule has 2 aromatic heterocycles. The first-order valence-electron chi connectivity index (χ1n) is 6.23. The van der Waals surface area contributed by atoms with Crippen LogP contribution in [0.3, 0.4) is 0 Å². The number of aromatic nitrogens is 4. The molecule has 0 fully saturated rings. The van der Waals surface area contributed by atoms with E-state index in [9.17, 15) is 0 Å². The van der Waals surface area contributed by atoms with Gasteiger partial charge in [0, 0.05) is 17.4 Å². The zero-order chi connectivity index (χ0) is 13.4. The summed E-state index contributed by atoms with van der Waals surface area (Å²) in [4.78, 5) is 8.78. The van der Waals surface area contributed by atoms with Crippen LogP contribution in [-0.2, 0) is 0 Å². The van der Waals surface area contributed by atoms with E-state index in [1.165, 1.54) is 0 Å². The Labute approximate surface area is 111 Å². The van der Waals surface area contributed by atoms with E-state index in [0.29, 0.717) is 11.6 Å². The second-order valence-corrected chi connectivity index (χ2v) is 4.78. The molecule has 0 saturated heterocycles. The molecule has 0 amide bonds. The van der Waals surface area contributed by atoms with Gasteiger partial charge in [0.05, 0.1) is 11.7 Å². The van der Waals surface area contributed by atoms with Crippen molar-refractivity contribution in [1.82, 2.24) is 19.7 Å². The van der Waals surface area contributed by atoms with E-state index in [0.717, 1.165) is 16.7 Å². The van der Waals surface area contributed by atoms with Crippen molar-refractivity contribution >= 4 is 16.7 Å². The highest BCUT2D eigenvalue weighted by Gasteiger charge is 2.10. The fraction of sp³-hybridized carbons (Fsp3) is 0.214. The Hall–Kier alpha value is -2.43. The first kappa shape index (κ1) is 11.6. The largest absolute Gasteiger partial charge is 0.384 e. The molecule has 0 saturated carbocycles. The molecule has 0 atom stereocenters. The predicted molar refractivity (Wildman–Crippen MR) is 75.2 cm³/mol. The van der Waals surface area contributed by atoms with E-state index in [4.69, 9.17) is 5.73 Å². The Bertz CT molecular complexity index is 730. The fourth-order valence-electron chi connectivity index (χ4n) is 1.99. The number of anilines is 1. The van der Waals surface area contributed by atoms with Gasteiger partial charge in [0.1, 0.15) is 11.6 Å². The van der Waals surface area contributed by atoms with E-state index in [1.54, 1.807) is 10.7 Å². The standard InChI is InChI=1S/C14H15N5/c1-9(2)14-17-12(15)7-13(18-14)19-11-6-4-3-5-10(11)8-16-19/h3-9H,1-2H3,(H2,15,17,18). The Balaban J connectivity index is 2.21. The molecule has 0 spiro atoms. The van der Waals surface area contributed by atoms with Crippen molar-refractivity contribution in [2.75, 3.05) is 5.73 Å². The van der Waals surface area contributed by atoms with Gasteiger partial charge >= 0.3 is 0 Å². The average Bonchev–Trinajstić information content (AvgIpc) is 2.81. The van der Waals surface area contributed by atoms with Crippen LogP contribution in [0, 0.1) is 0 Å². The maximum Gasteiger partial charge on any atom is 0.159 e. The van der Waals surface area contributed by atoms with Crippen molar-refractivity contribution in [3.05, 3.63) is 42.4 Å². The molecule has 0 radical (unpaired) electrons. The zero-order valence-corrected chi connectivity index (χ0v) is 10.9. The third-order valence-corrected chi connectivity index (χ3v) is 2.96. The van der Waals surface area contributed by atoms with Crippen LogP contribution >= 0.6 is 0 Å². The van der Waals surface area contributed by atoms with Crippen LogP contribution in [0.1, 0.15) is 25.6 Å². The summed E-state index contributed by atoms with van der Waals surface area (Å²) in [6, 6.07) is 9.74. The number of rotatable bonds is 2. The first-order chi connectivity index (χ1) is 9.15. The quantitative estimate of drug-likeness (QED) is 0.761. The highest BCUT2D eigenvalue weighted by Crippen LogP contribution is 2.19. The van der Waals surface area contributed by atoms with Gasteiger partial charge < -0.3 is 5.73 Å². The Morgan fingerprint density at radius 3 is 2.74 bits per heavy atom. The maximum absolute atomic E-state index is 5.86. The number of hydrogen-bond acceptors (Lipinski definition) is 4. The minimum atomic E-state index is 0.226. The number of benzene rings is 1. The normalized spacial score (nSPS) is 11.3. The molecule has 2 heterocycles. The second kappa shape index (κ2) is 4.35. The van der Waals surface area contributed by atoms with Gasteiger partial charge in [0.25, 0.3) is 0 Å². The topological polar surface area (TPSA) is 69.6 Å². The van der Waals surface area contributed by atoms with Crippen LogP contribution in [-0.4, -0.2) is 19.7 Å². The average molecular weight is 253 g/mol. The fourth-order valence-corrected chi connectivity index (χ4v) is 1.99. The van der Waals surface area contributed by atoms with Gasteiger partial charge in [-0.15, -0.1) is 0 Å². The van der Waals surface area contributed by atoms with E-state index in [2.05, 4.69) is 15.1 Å². The third-order valence-electron chi connectivity index (χ3n) is 2.96. The van der Waals surface area contributed by atoms with E-state index < -0.39 is 0 Å². The van der Waals surface area contributed by atoms with Crippen molar-refractivity contribution in [3.8, 4) is 5.82 Å². The van der Waals surface area contributed by atoms with Crippen molar-refractivity contribution < 1.29 is 0 Å². The Kier molecular flexibility index (Phi) is 2.67. The van der Waals surface area contributed by atoms with Gasteiger partial charge in [-0.25, -0.2) is 14.6 Å². The molecule has 0 aliphatic carbocycles. The minimum absolute atomic E-state index is 0.226. The van der Waals surface area contributed by atoms with Crippen molar-refractivity contribution in [2.24, 2.45) is 0 Å². The van der Waals surface area contributed by atoms with Gasteiger partial charge in [-0.05, 0) is 6.07 Å². The zero-order valence-electron chi connectivity index (χ0n) is 10.9. The highest BCUT2D eigenvalue weighted by atomic mass is 15.3. The molecule has 0 bridgehead atoms. The third kappa shape index (κ3) is 2.03. The number of fused-ring (bicyclic) bond motifs is 1. The van der Waals surface area contributed by atoms with Crippen LogP contribution in [0.5, 0.6) is 0 Å². The van der Waals surface area contributed by atoms with Crippen LogP contribution in [0.2, 0.25) is 0 Å². The number of nitrogen functional groups attached to an aromatic ring is 1. The summed E-state index contributed by atoms with van der Waals surface area (Å²) in [6.07, 6.45) is 1.82. The molecule has 5 nitrogen and oxygen atoms in total. The first-order valence-corrected chi connectivity index (χ1v) is 6.23. The summed E-state index contributed by atoms with van der Waals surface area (Å²) < 4.78 is 1.79. The molecule has 5 heteroatoms. The van der Waals surface area contributed by atoms with Gasteiger partial charge in [-0.3, -0.25) is 0 Å². The molecule has 3 rings (SSSR count). The SMILES string of the molecule is CC(C)c1nc(N)cc(-n2ncc3ccccc32)n1. The smallest absolute Gasteiger partial charge is 0.159 e. The number of nitrogens with two attached hydrogens (primary N) is 1. The minimum Gasteiger partial charge on any atom is -0.384 e. The van der Waals surface area contributed by atoms with Gasteiger partial charge in [0.15, 0.2) is 5.82 Å². The molecular weight excluding hydrogens is 238 g/mol. The highest BCUT2D eigenvalue weighted by molar-refractivity contribution is 5.79. The molecule has 0 aliphatic heterocycles. The summed E-state index contributed by atoms with van der Waals surface area (Å²) in [7, 11) is 0. The van der Waals surface area contributed by atoms with E-state index in [-0.39, 0.29) is 5.92 Å². The predicted octanol–water partition coefficient (Wildman–Crippen LogP) is 2.52. The molecule has 3 aromatic rings. The van der Waals surface area contributed by atoms with Gasteiger partial charge in [-0.1, -0.05) is 32.0 Å². The van der Waals surface area contributed by atoms with Crippen LogP contribution < -0.4 is 5.73 Å². The lowest BCUT2D eigenvalue weighted by Crippen LogP contribution is -2.07. The molecule has 2 N–H and O–H groups in total. The molecule has 0 aliphatic rings. The Morgan fingerprint density at radius 1 is 1.16 bits per heavy atom. The summed E-state index contributed by atoms with van der Waals surface area (Å²) in [5.41, 5.74) is 6.86. The van der Waals surface area contributed by atoms with Gasteiger partial charge in [-0.2, -0.15) is 5.10 Å².